The van der Waals surface area contributed by atoms with Crippen LogP contribution in [0.2, 0.25) is 5.02 Å². The van der Waals surface area contributed by atoms with Crippen LogP contribution in [0.5, 0.6) is 11.5 Å². The molecule has 0 aliphatic rings. The second kappa shape index (κ2) is 11.4. The molecule has 1 unspecified atom stereocenters. The summed E-state index contributed by atoms with van der Waals surface area (Å²) in [7, 11) is 3.16. The third-order valence-corrected chi connectivity index (χ3v) is 6.32. The molecule has 152 valence electrons. The first-order chi connectivity index (χ1) is 13.5. The van der Waals surface area contributed by atoms with Crippen LogP contribution >= 0.6 is 35.1 Å². The number of ether oxygens (including phenoxy) is 2. The van der Waals surface area contributed by atoms with E-state index in [0.29, 0.717) is 40.1 Å². The van der Waals surface area contributed by atoms with Gasteiger partial charge in [-0.25, -0.2) is 4.39 Å². The van der Waals surface area contributed by atoms with Crippen LogP contribution in [-0.4, -0.2) is 37.7 Å². The van der Waals surface area contributed by atoms with E-state index in [0.717, 1.165) is 4.90 Å². The Balaban J connectivity index is 1.75. The lowest BCUT2D eigenvalue weighted by Crippen LogP contribution is -2.32. The van der Waals surface area contributed by atoms with Crippen LogP contribution in [0.15, 0.2) is 41.3 Å². The lowest BCUT2D eigenvalue weighted by Gasteiger charge is -2.14. The third kappa shape index (κ3) is 6.50. The van der Waals surface area contributed by atoms with Gasteiger partial charge in [0, 0.05) is 33.5 Å². The minimum absolute atomic E-state index is 0.0516. The van der Waals surface area contributed by atoms with Crippen molar-refractivity contribution in [1.82, 2.24) is 5.32 Å². The second-order valence-corrected chi connectivity index (χ2v) is 8.75. The fourth-order valence-electron chi connectivity index (χ4n) is 2.38. The molecule has 0 saturated carbocycles. The van der Waals surface area contributed by atoms with Crippen LogP contribution in [0.1, 0.15) is 12.5 Å². The number of rotatable bonds is 10. The van der Waals surface area contributed by atoms with E-state index in [9.17, 15) is 9.18 Å². The molecule has 1 amide bonds. The summed E-state index contributed by atoms with van der Waals surface area (Å²) in [6.07, 6.45) is 0. The van der Waals surface area contributed by atoms with E-state index < -0.39 is 0 Å². The summed E-state index contributed by atoms with van der Waals surface area (Å²) in [6.45, 7) is 2.36. The first kappa shape index (κ1) is 22.7. The molecular weight excluding hydrogens is 421 g/mol. The van der Waals surface area contributed by atoms with Gasteiger partial charge < -0.3 is 14.8 Å². The molecule has 2 rings (SSSR count). The van der Waals surface area contributed by atoms with Crippen LogP contribution in [0, 0.1) is 5.82 Å². The molecule has 0 aliphatic carbocycles. The Kier molecular flexibility index (Phi) is 9.28. The Morgan fingerprint density at radius 3 is 2.64 bits per heavy atom. The van der Waals surface area contributed by atoms with E-state index in [-0.39, 0.29) is 17.0 Å². The van der Waals surface area contributed by atoms with Gasteiger partial charge >= 0.3 is 0 Å². The maximum absolute atomic E-state index is 13.7. The van der Waals surface area contributed by atoms with Gasteiger partial charge in [0.25, 0.3) is 0 Å². The van der Waals surface area contributed by atoms with Crippen molar-refractivity contribution in [3.05, 3.63) is 52.8 Å². The quantitative estimate of drug-likeness (QED) is 0.412. The molecule has 2 aromatic rings. The SMILES string of the molecule is COc1ccc(SC(C)C(=O)NCCSCc2c(F)cccc2Cl)cc1OC. The fraction of sp³-hybridized carbons (Fsp3) is 0.350. The zero-order chi connectivity index (χ0) is 20.5. The van der Waals surface area contributed by atoms with Gasteiger partial charge in [-0.1, -0.05) is 17.7 Å². The minimum Gasteiger partial charge on any atom is -0.493 e. The maximum atomic E-state index is 13.7. The minimum atomic E-state index is -0.302. The summed E-state index contributed by atoms with van der Waals surface area (Å²) in [5, 5.41) is 3.07. The lowest BCUT2D eigenvalue weighted by atomic mass is 10.2. The van der Waals surface area contributed by atoms with Crippen LogP contribution < -0.4 is 14.8 Å². The van der Waals surface area contributed by atoms with Crippen LogP contribution in [0.3, 0.4) is 0 Å². The standard InChI is InChI=1S/C20H23ClFNO3S2/c1-13(28-14-7-8-18(25-2)19(11-14)26-3)20(24)23-9-10-27-12-15-16(21)5-4-6-17(15)22/h4-8,11,13H,9-10,12H2,1-3H3,(H,23,24). The zero-order valence-corrected chi connectivity index (χ0v) is 18.3. The number of methoxy groups -OCH3 is 2. The molecule has 0 bridgehead atoms. The molecule has 0 aromatic heterocycles. The van der Waals surface area contributed by atoms with Gasteiger partial charge in [-0.05, 0) is 37.3 Å². The Bertz CT molecular complexity index is 787. The summed E-state index contributed by atoms with van der Waals surface area (Å²) in [4.78, 5) is 13.2. The number of carbonyl (C=O) groups excluding carboxylic acids is 1. The number of hydrogen-bond donors (Lipinski definition) is 1. The molecule has 1 N–H and O–H groups in total. The Labute approximate surface area is 178 Å². The van der Waals surface area contributed by atoms with Crippen molar-refractivity contribution in [3.63, 3.8) is 0 Å². The monoisotopic (exact) mass is 443 g/mol. The Hall–Kier alpha value is -1.57. The first-order valence-corrected chi connectivity index (χ1v) is 11.0. The molecule has 0 spiro atoms. The summed E-state index contributed by atoms with van der Waals surface area (Å²) in [6, 6.07) is 10.2. The van der Waals surface area contributed by atoms with E-state index in [1.54, 1.807) is 26.4 Å². The van der Waals surface area contributed by atoms with Gasteiger partial charge in [0.1, 0.15) is 5.82 Å². The molecule has 4 nitrogen and oxygen atoms in total. The fourth-order valence-corrected chi connectivity index (χ4v) is 4.50. The Morgan fingerprint density at radius 1 is 1.21 bits per heavy atom. The average Bonchev–Trinajstić information content (AvgIpc) is 2.69. The molecule has 0 fully saturated rings. The third-order valence-electron chi connectivity index (χ3n) is 3.89. The summed E-state index contributed by atoms with van der Waals surface area (Å²) in [5.41, 5.74) is 0.498. The van der Waals surface area contributed by atoms with Crippen molar-refractivity contribution in [3.8, 4) is 11.5 Å². The molecule has 28 heavy (non-hydrogen) atoms. The van der Waals surface area contributed by atoms with Crippen LogP contribution in [0.25, 0.3) is 0 Å². The van der Waals surface area contributed by atoms with E-state index in [2.05, 4.69) is 5.32 Å². The summed E-state index contributed by atoms with van der Waals surface area (Å²) < 4.78 is 24.2. The van der Waals surface area contributed by atoms with Crippen molar-refractivity contribution in [2.45, 2.75) is 22.8 Å². The topological polar surface area (TPSA) is 47.6 Å². The van der Waals surface area contributed by atoms with Crippen LogP contribution in [-0.2, 0) is 10.5 Å². The van der Waals surface area contributed by atoms with Crippen LogP contribution in [0.4, 0.5) is 4.39 Å². The first-order valence-electron chi connectivity index (χ1n) is 8.63. The van der Waals surface area contributed by atoms with E-state index in [1.165, 1.54) is 29.6 Å². The lowest BCUT2D eigenvalue weighted by molar-refractivity contribution is -0.120. The highest BCUT2D eigenvalue weighted by atomic mass is 35.5. The molecule has 0 saturated heterocycles. The highest BCUT2D eigenvalue weighted by Gasteiger charge is 2.15. The van der Waals surface area contributed by atoms with Gasteiger partial charge in [0.05, 0.1) is 19.5 Å². The molecule has 2 aromatic carbocycles. The van der Waals surface area contributed by atoms with Gasteiger partial charge in [0.2, 0.25) is 5.91 Å². The maximum Gasteiger partial charge on any atom is 0.233 e. The van der Waals surface area contributed by atoms with Crippen molar-refractivity contribution in [1.29, 1.82) is 0 Å². The van der Waals surface area contributed by atoms with Gasteiger partial charge in [-0.2, -0.15) is 11.8 Å². The number of hydrogen-bond acceptors (Lipinski definition) is 5. The van der Waals surface area contributed by atoms with Crippen molar-refractivity contribution < 1.29 is 18.7 Å². The van der Waals surface area contributed by atoms with Crippen molar-refractivity contribution in [2.75, 3.05) is 26.5 Å². The van der Waals surface area contributed by atoms with E-state index in [1.807, 2.05) is 25.1 Å². The number of nitrogens with one attached hydrogen (secondary N) is 1. The predicted molar refractivity (Wildman–Crippen MR) is 115 cm³/mol. The van der Waals surface area contributed by atoms with E-state index in [4.69, 9.17) is 21.1 Å². The van der Waals surface area contributed by atoms with E-state index >= 15 is 0 Å². The highest BCUT2D eigenvalue weighted by Crippen LogP contribution is 2.33. The smallest absolute Gasteiger partial charge is 0.233 e. The van der Waals surface area contributed by atoms with Gasteiger partial charge in [0.15, 0.2) is 11.5 Å². The second-order valence-electron chi connectivity index (χ2n) is 5.82. The zero-order valence-electron chi connectivity index (χ0n) is 16.0. The molecule has 1 atom stereocenters. The molecule has 0 heterocycles. The predicted octanol–water partition coefficient (Wildman–Crippen LogP) is 5.03. The number of halogens is 2. The van der Waals surface area contributed by atoms with Crippen molar-refractivity contribution >= 4 is 41.0 Å². The molecular formula is C20H23ClFNO3S2. The van der Waals surface area contributed by atoms with Gasteiger partial charge in [-0.3, -0.25) is 4.79 Å². The number of thioether (sulfide) groups is 2. The highest BCUT2D eigenvalue weighted by molar-refractivity contribution is 8.00. The molecule has 8 heteroatoms. The average molecular weight is 444 g/mol. The largest absolute Gasteiger partial charge is 0.493 e. The van der Waals surface area contributed by atoms with Crippen molar-refractivity contribution in [2.24, 2.45) is 0 Å². The summed E-state index contributed by atoms with van der Waals surface area (Å²) in [5.74, 6) is 2.06. The summed E-state index contributed by atoms with van der Waals surface area (Å²) >= 11 is 8.98. The van der Waals surface area contributed by atoms with Gasteiger partial charge in [-0.15, -0.1) is 11.8 Å². The number of benzene rings is 2. The number of amides is 1. The molecule has 0 radical (unpaired) electrons. The Morgan fingerprint density at radius 2 is 1.96 bits per heavy atom. The number of carbonyl (C=O) groups is 1. The molecule has 0 aliphatic heterocycles. The normalized spacial score (nSPS) is 11.8.